The number of nitrogens with zero attached hydrogens (tertiary/aromatic N) is 1. The van der Waals surface area contributed by atoms with Crippen molar-refractivity contribution in [2.75, 3.05) is 38.1 Å². The Balaban J connectivity index is 1.65. The first-order chi connectivity index (χ1) is 28.1. The molecule has 0 saturated heterocycles. The fraction of sp³-hybridized carbons (Fsp3) is 0.564. The number of aliphatic hydroxyl groups excluding tert-OH is 2. The van der Waals surface area contributed by atoms with Crippen molar-refractivity contribution in [3.63, 3.8) is 0 Å². The largest absolute Gasteiger partial charge is 0.475 e. The predicted octanol–water partition coefficient (Wildman–Crippen LogP) is -0.835. The Morgan fingerprint density at radius 3 is 2.23 bits per heavy atom. The van der Waals surface area contributed by atoms with Crippen LogP contribution < -0.4 is 31.7 Å². The zero-order valence-electron chi connectivity index (χ0n) is 34.8. The number of carbonyl (C=O) groups excluding carboxylic acids is 6. The summed E-state index contributed by atoms with van der Waals surface area (Å²) < 4.78 is 21.9. The van der Waals surface area contributed by atoms with Gasteiger partial charge in [0.1, 0.15) is 30.5 Å². The quantitative estimate of drug-likeness (QED) is 0.0379. The Bertz CT molecular complexity index is 1780. The third kappa shape index (κ3) is 14.9. The van der Waals surface area contributed by atoms with Gasteiger partial charge in [0.05, 0.1) is 23.3 Å². The minimum atomic E-state index is -1.64. The molecular formula is C39H57BN6O14. The average molecular weight is 845 g/mol. The van der Waals surface area contributed by atoms with Gasteiger partial charge in [-0.25, -0.2) is 4.79 Å². The lowest BCUT2D eigenvalue weighted by atomic mass is 9.93. The summed E-state index contributed by atoms with van der Waals surface area (Å²) in [4.78, 5) is 88.0. The Kier molecular flexibility index (Phi) is 18.1. The van der Waals surface area contributed by atoms with Crippen LogP contribution in [0.4, 0.5) is 10.5 Å². The molecule has 5 amide bonds. The van der Waals surface area contributed by atoms with E-state index >= 15 is 0 Å². The van der Waals surface area contributed by atoms with Gasteiger partial charge < -0.3 is 61.3 Å². The molecule has 2 aliphatic heterocycles. The van der Waals surface area contributed by atoms with E-state index in [-0.39, 0.29) is 57.5 Å². The molecule has 0 fully saturated rings. The molecule has 21 heteroatoms. The number of amides is 5. The number of aliphatic carboxylic acids is 1. The molecule has 1 aromatic rings. The summed E-state index contributed by atoms with van der Waals surface area (Å²) in [6, 6.07) is 2.16. The fourth-order valence-electron chi connectivity index (χ4n) is 5.69. The van der Waals surface area contributed by atoms with Crippen molar-refractivity contribution in [1.82, 2.24) is 20.9 Å². The van der Waals surface area contributed by atoms with Crippen LogP contribution in [-0.4, -0.2) is 138 Å². The summed E-state index contributed by atoms with van der Waals surface area (Å²) in [5.41, 5.74) is 5.44. The molecule has 9 N–H and O–H groups in total. The number of rotatable bonds is 23. The number of anilines is 1. The molecule has 0 bridgehead atoms. The van der Waals surface area contributed by atoms with E-state index in [0.717, 1.165) is 23.1 Å². The second kappa shape index (κ2) is 22.2. The van der Waals surface area contributed by atoms with Gasteiger partial charge in [0, 0.05) is 38.3 Å². The Morgan fingerprint density at radius 1 is 0.950 bits per heavy atom. The summed E-state index contributed by atoms with van der Waals surface area (Å²) in [6.07, 6.45) is -0.648. The number of hydrogen-bond acceptors (Lipinski definition) is 15. The number of carboxylic acid groups (broad SMARTS) is 1. The number of ether oxygens (including phenoxy) is 4. The van der Waals surface area contributed by atoms with Crippen LogP contribution in [0.15, 0.2) is 42.2 Å². The smallest absolute Gasteiger partial charge is 0.371 e. The molecule has 0 radical (unpaired) electrons. The highest BCUT2D eigenvalue weighted by Crippen LogP contribution is 2.30. The van der Waals surface area contributed by atoms with E-state index in [1.54, 1.807) is 26.0 Å². The molecule has 5 atom stereocenters. The van der Waals surface area contributed by atoms with Gasteiger partial charge in [0.15, 0.2) is 6.10 Å². The van der Waals surface area contributed by atoms with Gasteiger partial charge >= 0.3 is 5.97 Å². The van der Waals surface area contributed by atoms with Gasteiger partial charge in [-0.2, -0.15) is 0 Å². The zero-order valence-corrected chi connectivity index (χ0v) is 34.8. The lowest BCUT2D eigenvalue weighted by Crippen LogP contribution is -2.57. The number of hydrogen-bond donors (Lipinski definition) is 8. The molecule has 330 valence electrons. The number of benzene rings is 1. The first-order valence-corrected chi connectivity index (χ1v) is 19.5. The standard InChI is InChI=1S/C39H57BN6O14/c1-38(2,3)58-21-39(4,5)36(55)44-14-7-6-9-23(45-33(52)25(19-41)46-29(48)12-13-30(46)49)32(51)43-16-8-15-42-24-17-22(20-57-37(40)56)10-11-27(24)59-35-31(50)26(47)18-28(60-35)34(53)54/h10-13,17-18,23,25-26,31,35,42,47,50H,6-9,14-16,19-21,40-41H2,1-5H3,(H,43,51)(H,44,55)(H,45,52)(H,53,54)/t23-,25?,26?,31+,35?/m0/s1. The molecule has 2 heterocycles. The summed E-state index contributed by atoms with van der Waals surface area (Å²) in [5, 5.41) is 41.3. The predicted molar refractivity (Wildman–Crippen MR) is 217 cm³/mol. The van der Waals surface area contributed by atoms with Gasteiger partial charge in [0.25, 0.3) is 18.1 Å². The van der Waals surface area contributed by atoms with Gasteiger partial charge in [0.2, 0.25) is 37.2 Å². The van der Waals surface area contributed by atoms with E-state index in [1.165, 1.54) is 13.9 Å². The third-order valence-corrected chi connectivity index (χ3v) is 9.10. The van der Waals surface area contributed by atoms with E-state index in [1.807, 2.05) is 20.8 Å². The highest BCUT2D eigenvalue weighted by molar-refractivity contribution is 6.55. The van der Waals surface area contributed by atoms with Crippen LogP contribution in [0.2, 0.25) is 0 Å². The molecule has 1 aromatic carbocycles. The number of nitrogens with two attached hydrogens (primary N) is 1. The number of aliphatic hydroxyl groups is 2. The summed E-state index contributed by atoms with van der Waals surface area (Å²) in [6.45, 7) is 9.57. The van der Waals surface area contributed by atoms with E-state index in [9.17, 15) is 48.9 Å². The van der Waals surface area contributed by atoms with E-state index in [4.69, 9.17) is 24.7 Å². The van der Waals surface area contributed by atoms with Crippen LogP contribution in [0.5, 0.6) is 5.75 Å². The molecule has 0 spiro atoms. The summed E-state index contributed by atoms with van der Waals surface area (Å²) in [5.74, 6) is -5.51. The van der Waals surface area contributed by atoms with Gasteiger partial charge in [-0.15, -0.1) is 0 Å². The first-order valence-electron chi connectivity index (χ1n) is 19.5. The molecule has 20 nitrogen and oxygen atoms in total. The van der Waals surface area contributed by atoms with Crippen molar-refractivity contribution in [1.29, 1.82) is 0 Å². The Labute approximate surface area is 349 Å². The van der Waals surface area contributed by atoms with E-state index in [0.29, 0.717) is 30.5 Å². The summed E-state index contributed by atoms with van der Waals surface area (Å²) >= 11 is 0. The number of nitrogens with one attached hydrogen (secondary N) is 4. The maximum atomic E-state index is 13.5. The van der Waals surface area contributed by atoms with Gasteiger partial charge in [-0.3, -0.25) is 33.7 Å². The Hall–Kier alpha value is -5.51. The second-order valence-corrected chi connectivity index (χ2v) is 15.8. The molecule has 2 aliphatic rings. The van der Waals surface area contributed by atoms with Crippen LogP contribution in [0.25, 0.3) is 0 Å². The number of imide groups is 1. The lowest BCUT2D eigenvalue weighted by Gasteiger charge is -2.31. The highest BCUT2D eigenvalue weighted by atomic mass is 16.7. The molecular weight excluding hydrogens is 787 g/mol. The molecule has 3 unspecified atom stereocenters. The van der Waals surface area contributed by atoms with Crippen LogP contribution in [0.3, 0.4) is 0 Å². The number of carbonyl (C=O) groups is 7. The van der Waals surface area contributed by atoms with Crippen LogP contribution in [0, 0.1) is 5.41 Å². The fourth-order valence-corrected chi connectivity index (χ4v) is 5.69. The highest BCUT2D eigenvalue weighted by Gasteiger charge is 2.38. The van der Waals surface area contributed by atoms with Gasteiger partial charge in [-0.05, 0) is 84.1 Å². The number of carboxylic acids is 1. The third-order valence-electron chi connectivity index (χ3n) is 9.10. The van der Waals surface area contributed by atoms with Crippen LogP contribution >= 0.6 is 0 Å². The maximum absolute atomic E-state index is 13.5. The molecule has 0 aliphatic carbocycles. The van der Waals surface area contributed by atoms with Crippen LogP contribution in [0.1, 0.15) is 65.9 Å². The lowest BCUT2D eigenvalue weighted by molar-refractivity contribution is -0.172. The topological polar surface area (TPSA) is 294 Å². The molecule has 0 aromatic heterocycles. The van der Waals surface area contributed by atoms with Crippen molar-refractivity contribution >= 4 is 54.9 Å². The van der Waals surface area contributed by atoms with Crippen LogP contribution in [-0.2, 0) is 49.6 Å². The molecule has 3 rings (SSSR count). The zero-order chi connectivity index (χ0) is 44.8. The SMILES string of the molecule is BC(=O)OCc1ccc(OC2OC(C(=O)O)=CC(O)[C@H]2O)c(NCCCNC(=O)[C@H](CCCCNC(=O)C(C)(C)COC(C)(C)C)NC(=O)C(CN)N2C(=O)C=CC2=O)c1. The van der Waals surface area contributed by atoms with E-state index < -0.39 is 82.8 Å². The molecule has 60 heavy (non-hydrogen) atoms. The van der Waals surface area contributed by atoms with E-state index in [2.05, 4.69) is 21.3 Å². The van der Waals surface area contributed by atoms with Gasteiger partial charge in [-0.1, -0.05) is 6.07 Å². The van der Waals surface area contributed by atoms with Crippen molar-refractivity contribution in [3.05, 3.63) is 47.7 Å². The van der Waals surface area contributed by atoms with Crippen molar-refractivity contribution in [2.24, 2.45) is 11.1 Å². The van der Waals surface area contributed by atoms with Crippen molar-refractivity contribution < 1.29 is 67.8 Å². The van der Waals surface area contributed by atoms with Crippen molar-refractivity contribution in [2.45, 2.75) is 103 Å². The number of unbranched alkanes of at least 4 members (excludes halogenated alkanes) is 1. The maximum Gasteiger partial charge on any atom is 0.371 e. The summed E-state index contributed by atoms with van der Waals surface area (Å²) in [7, 11) is 1.25. The second-order valence-electron chi connectivity index (χ2n) is 15.8. The van der Waals surface area contributed by atoms with Crippen molar-refractivity contribution in [3.8, 4) is 5.75 Å². The minimum absolute atomic E-state index is 0.0843. The first kappa shape index (κ1) is 48.9. The monoisotopic (exact) mass is 844 g/mol. The Morgan fingerprint density at radius 2 is 1.62 bits per heavy atom. The minimum Gasteiger partial charge on any atom is -0.475 e. The molecule has 0 saturated carbocycles. The normalized spacial score (nSPS) is 18.8. The average Bonchev–Trinajstić information content (AvgIpc) is 3.50.